The van der Waals surface area contributed by atoms with Gasteiger partial charge in [-0.05, 0) is 17.7 Å². The summed E-state index contributed by atoms with van der Waals surface area (Å²) in [6.45, 7) is 0.274. The summed E-state index contributed by atoms with van der Waals surface area (Å²) in [4.78, 5) is 3.65. The van der Waals surface area contributed by atoms with Crippen LogP contribution in [-0.2, 0) is 16.6 Å². The number of imidazole rings is 1. The molecular formula is C10H9ClFN3O2S. The zero-order valence-corrected chi connectivity index (χ0v) is 10.6. The zero-order valence-electron chi connectivity index (χ0n) is 9.05. The SMILES string of the molecule is NS(=O)(=O)c1cn(Cc2ccc(Cl)c(F)c2)cn1. The van der Waals surface area contributed by atoms with Crippen LogP contribution >= 0.6 is 11.6 Å². The smallest absolute Gasteiger partial charge is 0.257 e. The largest absolute Gasteiger partial charge is 0.332 e. The van der Waals surface area contributed by atoms with E-state index in [0.29, 0.717) is 5.56 Å². The molecule has 0 saturated heterocycles. The molecule has 0 radical (unpaired) electrons. The Hall–Kier alpha value is -1.44. The first-order valence-corrected chi connectivity index (χ1v) is 6.77. The molecule has 1 aromatic carbocycles. The molecule has 2 rings (SSSR count). The van der Waals surface area contributed by atoms with Gasteiger partial charge in [-0.2, -0.15) is 0 Å². The molecule has 8 heteroatoms. The van der Waals surface area contributed by atoms with Crippen molar-refractivity contribution in [1.29, 1.82) is 0 Å². The Morgan fingerprint density at radius 1 is 1.44 bits per heavy atom. The Labute approximate surface area is 108 Å². The lowest BCUT2D eigenvalue weighted by Gasteiger charge is -2.03. The maximum atomic E-state index is 13.2. The number of aromatic nitrogens is 2. The summed E-state index contributed by atoms with van der Waals surface area (Å²) in [5.74, 6) is -0.527. The first-order valence-electron chi connectivity index (χ1n) is 4.85. The Balaban J connectivity index is 2.24. The first-order chi connectivity index (χ1) is 8.36. The molecule has 0 unspecified atom stereocenters. The van der Waals surface area contributed by atoms with E-state index in [1.807, 2.05) is 0 Å². The number of hydrogen-bond donors (Lipinski definition) is 1. The molecule has 0 bridgehead atoms. The van der Waals surface area contributed by atoms with Gasteiger partial charge in [-0.1, -0.05) is 17.7 Å². The second-order valence-corrected chi connectivity index (χ2v) is 5.59. The summed E-state index contributed by atoms with van der Waals surface area (Å²) in [5.41, 5.74) is 0.635. The molecule has 0 aliphatic heterocycles. The first kappa shape index (κ1) is 13.0. The molecule has 0 spiro atoms. The Kier molecular flexibility index (Phi) is 3.38. The minimum absolute atomic E-state index is 0.0367. The molecule has 2 aromatic rings. The predicted octanol–water partition coefficient (Wildman–Crippen LogP) is 1.37. The van der Waals surface area contributed by atoms with E-state index in [1.165, 1.54) is 29.2 Å². The van der Waals surface area contributed by atoms with E-state index in [1.54, 1.807) is 6.07 Å². The molecule has 0 atom stereocenters. The third kappa shape index (κ3) is 2.87. The number of halogens is 2. The van der Waals surface area contributed by atoms with E-state index in [-0.39, 0.29) is 16.6 Å². The van der Waals surface area contributed by atoms with Gasteiger partial charge in [0.25, 0.3) is 10.0 Å². The van der Waals surface area contributed by atoms with Gasteiger partial charge in [0.1, 0.15) is 5.82 Å². The van der Waals surface area contributed by atoms with E-state index in [4.69, 9.17) is 16.7 Å². The van der Waals surface area contributed by atoms with Gasteiger partial charge in [0.15, 0.2) is 5.03 Å². The summed E-state index contributed by atoms with van der Waals surface area (Å²) in [6.07, 6.45) is 2.59. The van der Waals surface area contributed by atoms with E-state index >= 15 is 0 Å². The van der Waals surface area contributed by atoms with E-state index < -0.39 is 15.8 Å². The van der Waals surface area contributed by atoms with E-state index in [9.17, 15) is 12.8 Å². The minimum atomic E-state index is -3.82. The van der Waals surface area contributed by atoms with Gasteiger partial charge in [0, 0.05) is 12.7 Å². The minimum Gasteiger partial charge on any atom is -0.332 e. The summed E-state index contributed by atoms with van der Waals surface area (Å²) >= 11 is 5.56. The van der Waals surface area contributed by atoms with Crippen molar-refractivity contribution in [2.24, 2.45) is 5.14 Å². The fourth-order valence-electron chi connectivity index (χ4n) is 1.42. The van der Waals surface area contributed by atoms with Crippen molar-refractivity contribution in [3.05, 3.63) is 47.1 Å². The number of primary sulfonamides is 1. The highest BCUT2D eigenvalue weighted by molar-refractivity contribution is 7.89. The number of benzene rings is 1. The average Bonchev–Trinajstić information content (AvgIpc) is 2.72. The predicted molar refractivity (Wildman–Crippen MR) is 64.1 cm³/mol. The molecule has 18 heavy (non-hydrogen) atoms. The van der Waals surface area contributed by atoms with Gasteiger partial charge < -0.3 is 4.57 Å². The molecular weight excluding hydrogens is 281 g/mol. The van der Waals surface area contributed by atoms with Gasteiger partial charge in [-0.25, -0.2) is 22.9 Å². The Morgan fingerprint density at radius 3 is 2.72 bits per heavy atom. The number of nitrogens with two attached hydrogens (primary N) is 1. The fraction of sp³-hybridized carbons (Fsp3) is 0.100. The van der Waals surface area contributed by atoms with Crippen LogP contribution in [-0.4, -0.2) is 18.0 Å². The topological polar surface area (TPSA) is 78.0 Å². The Bertz CT molecular complexity index is 684. The van der Waals surface area contributed by atoms with Crippen LogP contribution in [0.3, 0.4) is 0 Å². The van der Waals surface area contributed by atoms with Crippen LogP contribution in [0.2, 0.25) is 5.02 Å². The van der Waals surface area contributed by atoms with Crippen LogP contribution in [0, 0.1) is 5.82 Å². The second-order valence-electron chi connectivity index (χ2n) is 3.68. The van der Waals surface area contributed by atoms with Crippen LogP contribution in [0.5, 0.6) is 0 Å². The molecule has 0 saturated carbocycles. The number of nitrogens with zero attached hydrogens (tertiary/aromatic N) is 2. The van der Waals surface area contributed by atoms with Crippen LogP contribution in [0.15, 0.2) is 35.7 Å². The lowest BCUT2D eigenvalue weighted by molar-refractivity contribution is 0.594. The number of hydrogen-bond acceptors (Lipinski definition) is 3. The van der Waals surface area contributed by atoms with Crippen molar-refractivity contribution < 1.29 is 12.8 Å². The number of rotatable bonds is 3. The molecule has 1 aromatic heterocycles. The molecule has 96 valence electrons. The normalized spacial score (nSPS) is 11.7. The highest BCUT2D eigenvalue weighted by atomic mass is 35.5. The van der Waals surface area contributed by atoms with Gasteiger partial charge in [-0.15, -0.1) is 0 Å². The van der Waals surface area contributed by atoms with Gasteiger partial charge in [0.05, 0.1) is 11.3 Å². The third-order valence-corrected chi connectivity index (χ3v) is 3.35. The van der Waals surface area contributed by atoms with Crippen LogP contribution in [0.25, 0.3) is 0 Å². The molecule has 0 amide bonds. The van der Waals surface area contributed by atoms with Crippen molar-refractivity contribution >= 4 is 21.6 Å². The van der Waals surface area contributed by atoms with Gasteiger partial charge in [0.2, 0.25) is 0 Å². The molecule has 5 nitrogen and oxygen atoms in total. The van der Waals surface area contributed by atoms with E-state index in [2.05, 4.69) is 4.98 Å². The van der Waals surface area contributed by atoms with Crippen molar-refractivity contribution in [3.8, 4) is 0 Å². The lowest BCUT2D eigenvalue weighted by Crippen LogP contribution is -2.12. The summed E-state index contributed by atoms with van der Waals surface area (Å²) < 4.78 is 36.7. The summed E-state index contributed by atoms with van der Waals surface area (Å²) in [7, 11) is -3.82. The van der Waals surface area contributed by atoms with Crippen molar-refractivity contribution in [2.75, 3.05) is 0 Å². The third-order valence-electron chi connectivity index (χ3n) is 2.25. The van der Waals surface area contributed by atoms with Crippen LogP contribution in [0.1, 0.15) is 5.56 Å². The second kappa shape index (κ2) is 4.68. The zero-order chi connectivity index (χ0) is 13.3. The molecule has 0 fully saturated rings. The fourth-order valence-corrected chi connectivity index (χ4v) is 2.02. The number of sulfonamides is 1. The average molecular weight is 290 g/mol. The monoisotopic (exact) mass is 289 g/mol. The highest BCUT2D eigenvalue weighted by Gasteiger charge is 2.11. The van der Waals surface area contributed by atoms with Crippen LogP contribution < -0.4 is 5.14 Å². The van der Waals surface area contributed by atoms with Gasteiger partial charge in [-0.3, -0.25) is 0 Å². The summed E-state index contributed by atoms with van der Waals surface area (Å²) in [6, 6.07) is 4.35. The van der Waals surface area contributed by atoms with Gasteiger partial charge >= 0.3 is 0 Å². The highest BCUT2D eigenvalue weighted by Crippen LogP contribution is 2.16. The van der Waals surface area contributed by atoms with Crippen molar-refractivity contribution in [3.63, 3.8) is 0 Å². The summed E-state index contributed by atoms with van der Waals surface area (Å²) in [5, 5.41) is 4.74. The molecule has 0 aliphatic rings. The quantitative estimate of drug-likeness (QED) is 0.927. The maximum absolute atomic E-state index is 13.2. The Morgan fingerprint density at radius 2 is 2.17 bits per heavy atom. The van der Waals surface area contributed by atoms with Crippen molar-refractivity contribution in [2.45, 2.75) is 11.6 Å². The molecule has 0 aliphatic carbocycles. The molecule has 2 N–H and O–H groups in total. The maximum Gasteiger partial charge on any atom is 0.257 e. The molecule has 1 heterocycles. The lowest BCUT2D eigenvalue weighted by atomic mass is 10.2. The van der Waals surface area contributed by atoms with Crippen LogP contribution in [0.4, 0.5) is 4.39 Å². The van der Waals surface area contributed by atoms with Crippen molar-refractivity contribution in [1.82, 2.24) is 9.55 Å². The standard InChI is InChI=1S/C10H9ClFN3O2S/c11-8-2-1-7(3-9(8)12)4-15-5-10(14-6-15)18(13,16)17/h1-3,5-6H,4H2,(H2,13,16,17). The van der Waals surface area contributed by atoms with E-state index in [0.717, 1.165) is 0 Å².